The zero-order valence-electron chi connectivity index (χ0n) is 23.6. The van der Waals surface area contributed by atoms with Crippen molar-refractivity contribution >= 4 is 46.0 Å². The fraction of sp³-hybridized carbons (Fsp3) is 0.212. The molecule has 220 valence electrons. The van der Waals surface area contributed by atoms with Gasteiger partial charge in [0.15, 0.2) is 15.9 Å². The summed E-state index contributed by atoms with van der Waals surface area (Å²) < 4.78 is 20.6. The number of aromatic nitrogens is 2. The van der Waals surface area contributed by atoms with Crippen molar-refractivity contribution in [3.8, 4) is 5.75 Å². The Bertz CT molecular complexity index is 1670. The number of halogens is 1. The van der Waals surface area contributed by atoms with Crippen LogP contribution < -0.4 is 9.64 Å². The highest BCUT2D eigenvalue weighted by atomic mass is 32.2. The summed E-state index contributed by atoms with van der Waals surface area (Å²) >= 11 is 2.42. The van der Waals surface area contributed by atoms with Crippen LogP contribution in [0, 0.1) is 11.7 Å². The molecule has 3 aromatic carbocycles. The molecule has 1 amide bonds. The number of aliphatic hydroxyl groups is 1. The van der Waals surface area contributed by atoms with Crippen molar-refractivity contribution in [1.29, 1.82) is 0 Å². The topological polar surface area (TPSA) is 92.6 Å². The van der Waals surface area contributed by atoms with Crippen molar-refractivity contribution in [3.63, 3.8) is 0 Å². The number of carbonyl (C=O) groups is 2. The largest absolute Gasteiger partial charge is 0.503 e. The molecule has 1 aliphatic heterocycles. The summed E-state index contributed by atoms with van der Waals surface area (Å²) in [6.07, 6.45) is 3.86. The zero-order valence-corrected chi connectivity index (χ0v) is 25.3. The Kier molecular flexibility index (Phi) is 9.68. The lowest BCUT2D eigenvalue weighted by molar-refractivity contribution is -0.117. The van der Waals surface area contributed by atoms with Gasteiger partial charge in [-0.2, -0.15) is 0 Å². The van der Waals surface area contributed by atoms with Crippen molar-refractivity contribution < 1.29 is 23.8 Å². The number of hydrogen-bond acceptors (Lipinski definition) is 8. The molecule has 0 saturated carbocycles. The van der Waals surface area contributed by atoms with E-state index in [1.807, 2.05) is 36.4 Å². The molecule has 7 nitrogen and oxygen atoms in total. The van der Waals surface area contributed by atoms with Gasteiger partial charge >= 0.3 is 0 Å². The van der Waals surface area contributed by atoms with Gasteiger partial charge in [-0.3, -0.25) is 14.5 Å². The zero-order chi connectivity index (χ0) is 30.3. The maximum atomic E-state index is 14.1. The summed E-state index contributed by atoms with van der Waals surface area (Å²) in [5.74, 6) is -0.843. The van der Waals surface area contributed by atoms with Gasteiger partial charge in [0, 0.05) is 5.75 Å². The number of benzene rings is 3. The van der Waals surface area contributed by atoms with Crippen molar-refractivity contribution in [1.82, 2.24) is 10.2 Å². The van der Waals surface area contributed by atoms with Gasteiger partial charge in [0.2, 0.25) is 5.13 Å². The minimum atomic E-state index is -0.966. The normalized spacial score (nSPS) is 15.2. The Labute approximate surface area is 257 Å². The number of thioether (sulfide) groups is 1. The summed E-state index contributed by atoms with van der Waals surface area (Å²) in [5.41, 5.74) is 1.83. The average molecular weight is 616 g/mol. The molecule has 0 aliphatic carbocycles. The van der Waals surface area contributed by atoms with Crippen molar-refractivity contribution in [2.45, 2.75) is 36.4 Å². The lowest BCUT2D eigenvalue weighted by atomic mass is 9.95. The molecule has 0 fully saturated rings. The number of allylic oxidation sites excluding steroid dienone is 1. The summed E-state index contributed by atoms with van der Waals surface area (Å²) in [7, 11) is 0. The van der Waals surface area contributed by atoms with E-state index >= 15 is 0 Å². The lowest BCUT2D eigenvalue weighted by Crippen LogP contribution is -2.30. The van der Waals surface area contributed by atoms with Gasteiger partial charge in [-0.15, -0.1) is 10.2 Å². The summed E-state index contributed by atoms with van der Waals surface area (Å²) in [6, 6.07) is 21.9. The summed E-state index contributed by atoms with van der Waals surface area (Å²) in [6.45, 7) is 4.74. The van der Waals surface area contributed by atoms with E-state index in [0.29, 0.717) is 39.5 Å². The van der Waals surface area contributed by atoms with Gasteiger partial charge in [0.25, 0.3) is 5.91 Å². The summed E-state index contributed by atoms with van der Waals surface area (Å²) in [5, 5.41) is 19.7. The lowest BCUT2D eigenvalue weighted by Gasteiger charge is -2.24. The fourth-order valence-electron chi connectivity index (χ4n) is 4.50. The number of nitrogens with zero attached hydrogens (tertiary/aromatic N) is 3. The van der Waals surface area contributed by atoms with E-state index in [2.05, 4.69) is 24.0 Å². The van der Waals surface area contributed by atoms with Crippen LogP contribution in [0.5, 0.6) is 5.75 Å². The Morgan fingerprint density at radius 2 is 1.86 bits per heavy atom. The van der Waals surface area contributed by atoms with E-state index < -0.39 is 23.5 Å². The van der Waals surface area contributed by atoms with Gasteiger partial charge < -0.3 is 9.84 Å². The first-order valence-corrected chi connectivity index (χ1v) is 15.6. The molecule has 2 heterocycles. The predicted molar refractivity (Wildman–Crippen MR) is 168 cm³/mol. The van der Waals surface area contributed by atoms with Crippen LogP contribution in [0.15, 0.2) is 101 Å². The quantitative estimate of drug-likeness (QED) is 0.0998. The number of anilines is 1. The van der Waals surface area contributed by atoms with Gasteiger partial charge in [-0.05, 0) is 53.3 Å². The molecule has 1 aliphatic rings. The number of amides is 1. The molecule has 4 aromatic rings. The van der Waals surface area contributed by atoms with Crippen molar-refractivity contribution in [2.75, 3.05) is 11.5 Å². The average Bonchev–Trinajstić information content (AvgIpc) is 3.58. The van der Waals surface area contributed by atoms with Crippen LogP contribution in [0.1, 0.15) is 43.0 Å². The third-order valence-corrected chi connectivity index (χ3v) is 8.85. The van der Waals surface area contributed by atoms with Crippen LogP contribution in [-0.2, 0) is 15.3 Å². The molecule has 1 N–H and O–H groups in total. The molecule has 0 bridgehead atoms. The standard InChI is InChI=1S/C33H30FN3O4S2/c1-21(2)17-18-41-25-13-8-12-23(19-25)29-28(27(38)16-15-22-9-4-3-5-10-22)30(39)31(40)37(29)32-35-36-33(43-32)42-20-24-11-6-7-14-26(24)34/h3-16,19,21,29,39H,17-18,20H2,1-2H3/b16-15+. The van der Waals surface area contributed by atoms with Gasteiger partial charge in [-0.1, -0.05) is 104 Å². The molecule has 10 heteroatoms. The van der Waals surface area contributed by atoms with Gasteiger partial charge in [0.1, 0.15) is 11.6 Å². The fourth-order valence-corrected chi connectivity index (χ4v) is 6.35. The van der Waals surface area contributed by atoms with Crippen LogP contribution in [0.2, 0.25) is 0 Å². The maximum Gasteiger partial charge on any atom is 0.296 e. The maximum absolute atomic E-state index is 14.1. The van der Waals surface area contributed by atoms with E-state index in [0.717, 1.165) is 23.3 Å². The third-order valence-electron chi connectivity index (χ3n) is 6.75. The van der Waals surface area contributed by atoms with Crippen LogP contribution in [0.4, 0.5) is 9.52 Å². The van der Waals surface area contributed by atoms with Crippen LogP contribution >= 0.6 is 23.1 Å². The number of rotatable bonds is 12. The first-order valence-electron chi connectivity index (χ1n) is 13.8. The molecule has 0 spiro atoms. The number of hydrogen-bond donors (Lipinski definition) is 1. The first kappa shape index (κ1) is 30.2. The highest BCUT2D eigenvalue weighted by Gasteiger charge is 2.45. The van der Waals surface area contributed by atoms with E-state index in [1.54, 1.807) is 42.5 Å². The smallest absolute Gasteiger partial charge is 0.296 e. The van der Waals surface area contributed by atoms with E-state index in [1.165, 1.54) is 28.8 Å². The Balaban J connectivity index is 1.47. The molecule has 0 saturated heterocycles. The second-order valence-electron chi connectivity index (χ2n) is 10.3. The molecule has 0 radical (unpaired) electrons. The van der Waals surface area contributed by atoms with E-state index in [4.69, 9.17) is 4.74 Å². The minimum absolute atomic E-state index is 0.0627. The minimum Gasteiger partial charge on any atom is -0.503 e. The monoisotopic (exact) mass is 615 g/mol. The highest BCUT2D eigenvalue weighted by molar-refractivity contribution is 8.00. The second-order valence-corrected chi connectivity index (χ2v) is 12.5. The number of ketones is 1. The number of ether oxygens (including phenoxy) is 1. The third kappa shape index (κ3) is 7.21. The predicted octanol–water partition coefficient (Wildman–Crippen LogP) is 7.58. The first-order chi connectivity index (χ1) is 20.8. The van der Waals surface area contributed by atoms with E-state index in [-0.39, 0.29) is 16.5 Å². The molecule has 5 rings (SSSR count). The highest BCUT2D eigenvalue weighted by Crippen LogP contribution is 2.44. The Hall–Kier alpha value is -4.28. The second kappa shape index (κ2) is 13.8. The molecular weight excluding hydrogens is 586 g/mol. The Morgan fingerprint density at radius 3 is 2.63 bits per heavy atom. The molecular formula is C33H30FN3O4S2. The summed E-state index contributed by atoms with van der Waals surface area (Å²) in [4.78, 5) is 28.4. The molecule has 1 unspecified atom stereocenters. The van der Waals surface area contributed by atoms with Gasteiger partial charge in [0.05, 0.1) is 18.2 Å². The Morgan fingerprint density at radius 1 is 1.09 bits per heavy atom. The molecule has 43 heavy (non-hydrogen) atoms. The van der Waals surface area contributed by atoms with Crippen molar-refractivity contribution in [2.24, 2.45) is 5.92 Å². The van der Waals surface area contributed by atoms with Crippen LogP contribution in [0.3, 0.4) is 0 Å². The van der Waals surface area contributed by atoms with Crippen LogP contribution in [-0.4, -0.2) is 33.6 Å². The van der Waals surface area contributed by atoms with Crippen LogP contribution in [0.25, 0.3) is 6.08 Å². The molecule has 1 atom stereocenters. The van der Waals surface area contributed by atoms with Gasteiger partial charge in [-0.25, -0.2) is 4.39 Å². The number of aliphatic hydroxyl groups excluding tert-OH is 1. The van der Waals surface area contributed by atoms with Crippen molar-refractivity contribution in [3.05, 3.63) is 119 Å². The molecule has 1 aromatic heterocycles. The number of carbonyl (C=O) groups excluding carboxylic acids is 2. The van der Waals surface area contributed by atoms with E-state index in [9.17, 15) is 19.1 Å². The SMILES string of the molecule is CC(C)CCOc1cccc(C2C(C(=O)/C=C/c3ccccc3)=C(O)C(=O)N2c2nnc(SCc3ccccc3F)s2)c1.